The highest BCUT2D eigenvalue weighted by Gasteiger charge is 2.39. The van der Waals surface area contributed by atoms with Crippen LogP contribution in [0.3, 0.4) is 0 Å². The van der Waals surface area contributed by atoms with Crippen LogP contribution in [-0.4, -0.2) is 72.5 Å². The first-order valence-corrected chi connectivity index (χ1v) is 10.2. The molecule has 30 heavy (non-hydrogen) atoms. The number of carbonyl (C=O) groups excluding carboxylic acids is 3. The van der Waals surface area contributed by atoms with Crippen LogP contribution < -0.4 is 21.3 Å². The number of carbonyl (C=O) groups is 4. The van der Waals surface area contributed by atoms with Gasteiger partial charge in [-0.3, -0.25) is 14.4 Å². The van der Waals surface area contributed by atoms with Crippen molar-refractivity contribution in [2.75, 3.05) is 20.6 Å². The summed E-state index contributed by atoms with van der Waals surface area (Å²) in [6.45, 7) is 7.50. The summed E-state index contributed by atoms with van der Waals surface area (Å²) in [6.07, 6.45) is 2.48. The SMILES string of the molecule is CN/C=C(\NC)C(=O)N[C@H](C(=O)NC(C(=O)N1CCCC1C(=O)O)C(C)C)C(C)C. The second kappa shape index (κ2) is 11.4. The quantitative estimate of drug-likeness (QED) is 0.301. The van der Waals surface area contributed by atoms with Gasteiger partial charge in [0.05, 0.1) is 0 Å². The zero-order valence-electron chi connectivity index (χ0n) is 18.6. The van der Waals surface area contributed by atoms with Gasteiger partial charge in [0.2, 0.25) is 11.8 Å². The van der Waals surface area contributed by atoms with Crippen LogP contribution in [0.4, 0.5) is 0 Å². The van der Waals surface area contributed by atoms with Crippen LogP contribution in [0.2, 0.25) is 0 Å². The third-order valence-corrected chi connectivity index (χ3v) is 5.09. The van der Waals surface area contributed by atoms with Crippen molar-refractivity contribution in [2.45, 2.75) is 58.7 Å². The summed E-state index contributed by atoms with van der Waals surface area (Å²) in [4.78, 5) is 51.2. The molecule has 3 amide bonds. The molecule has 2 unspecified atom stereocenters. The molecule has 1 aliphatic heterocycles. The van der Waals surface area contributed by atoms with E-state index in [0.717, 1.165) is 0 Å². The number of amides is 3. The minimum atomic E-state index is -1.04. The third kappa shape index (κ3) is 6.36. The summed E-state index contributed by atoms with van der Waals surface area (Å²) in [6, 6.07) is -2.62. The van der Waals surface area contributed by atoms with Crippen molar-refractivity contribution < 1.29 is 24.3 Å². The molecule has 5 N–H and O–H groups in total. The van der Waals surface area contributed by atoms with Crippen LogP contribution in [0.5, 0.6) is 0 Å². The van der Waals surface area contributed by atoms with Gasteiger partial charge in [-0.05, 0) is 24.7 Å². The molecular weight excluding hydrogens is 390 g/mol. The van der Waals surface area contributed by atoms with Gasteiger partial charge in [0.15, 0.2) is 0 Å². The van der Waals surface area contributed by atoms with Crippen molar-refractivity contribution in [1.29, 1.82) is 0 Å². The summed E-state index contributed by atoms with van der Waals surface area (Å²) in [5.41, 5.74) is 0.258. The molecule has 1 saturated heterocycles. The van der Waals surface area contributed by atoms with Crippen molar-refractivity contribution in [3.8, 4) is 0 Å². The molecule has 1 rings (SSSR count). The number of rotatable bonds is 10. The summed E-state index contributed by atoms with van der Waals surface area (Å²) < 4.78 is 0. The maximum atomic E-state index is 13.0. The Hall–Kier alpha value is -2.78. The normalized spacial score (nSPS) is 18.7. The monoisotopic (exact) mass is 425 g/mol. The highest BCUT2D eigenvalue weighted by molar-refractivity contribution is 5.98. The van der Waals surface area contributed by atoms with Crippen LogP contribution >= 0.6 is 0 Å². The van der Waals surface area contributed by atoms with Crippen LogP contribution in [0.1, 0.15) is 40.5 Å². The second-order valence-electron chi connectivity index (χ2n) is 8.05. The van der Waals surface area contributed by atoms with Gasteiger partial charge in [-0.2, -0.15) is 0 Å². The van der Waals surface area contributed by atoms with Crippen LogP contribution in [0.15, 0.2) is 11.9 Å². The van der Waals surface area contributed by atoms with Gasteiger partial charge in [-0.15, -0.1) is 0 Å². The standard InChI is InChI=1S/C20H35N5O5/c1-11(2)15(23-17(26)13(22-6)10-21-5)18(27)24-16(12(3)4)19(28)25-9-7-8-14(25)20(29)30/h10-12,14-16,21-22H,7-9H2,1-6H3,(H,23,26)(H,24,27)(H,29,30)/b13-10-/t14?,15-,16?/m0/s1. The van der Waals surface area contributed by atoms with Crippen molar-refractivity contribution in [1.82, 2.24) is 26.2 Å². The Bertz CT molecular complexity index is 676. The minimum absolute atomic E-state index is 0.233. The van der Waals surface area contributed by atoms with E-state index in [1.54, 1.807) is 41.8 Å². The Morgan fingerprint density at radius 3 is 2.07 bits per heavy atom. The highest BCUT2D eigenvalue weighted by Crippen LogP contribution is 2.20. The van der Waals surface area contributed by atoms with E-state index in [4.69, 9.17) is 0 Å². The second-order valence-corrected chi connectivity index (χ2v) is 8.05. The van der Waals surface area contributed by atoms with Crippen molar-refractivity contribution in [2.24, 2.45) is 11.8 Å². The van der Waals surface area contributed by atoms with Gasteiger partial charge in [-0.25, -0.2) is 4.79 Å². The highest BCUT2D eigenvalue weighted by atomic mass is 16.4. The molecule has 0 bridgehead atoms. The number of likely N-dealkylation sites (tertiary alicyclic amines) is 1. The van der Waals surface area contributed by atoms with Gasteiger partial charge >= 0.3 is 5.97 Å². The number of likely N-dealkylation sites (N-methyl/N-ethyl adjacent to an activating group) is 1. The Balaban J connectivity index is 2.98. The summed E-state index contributed by atoms with van der Waals surface area (Å²) in [7, 11) is 3.24. The summed E-state index contributed by atoms with van der Waals surface area (Å²) in [5.74, 6) is -2.89. The average Bonchev–Trinajstić information content (AvgIpc) is 3.17. The van der Waals surface area contributed by atoms with Gasteiger partial charge in [0, 0.05) is 26.8 Å². The maximum absolute atomic E-state index is 13.0. The Morgan fingerprint density at radius 1 is 1.00 bits per heavy atom. The molecule has 0 saturated carbocycles. The van der Waals surface area contributed by atoms with E-state index in [0.29, 0.717) is 19.4 Å². The van der Waals surface area contributed by atoms with E-state index in [9.17, 15) is 24.3 Å². The fraction of sp³-hybridized carbons (Fsp3) is 0.700. The number of aliphatic carboxylic acids is 1. The van der Waals surface area contributed by atoms with Crippen molar-refractivity contribution in [3.05, 3.63) is 11.9 Å². The Morgan fingerprint density at radius 2 is 1.60 bits per heavy atom. The first-order chi connectivity index (χ1) is 14.0. The first kappa shape index (κ1) is 25.3. The van der Waals surface area contributed by atoms with Crippen LogP contribution in [0, 0.1) is 11.8 Å². The van der Waals surface area contributed by atoms with E-state index >= 15 is 0 Å². The topological polar surface area (TPSA) is 140 Å². The molecule has 10 nitrogen and oxygen atoms in total. The molecule has 170 valence electrons. The zero-order valence-corrected chi connectivity index (χ0v) is 18.6. The molecule has 1 aliphatic rings. The molecule has 0 spiro atoms. The third-order valence-electron chi connectivity index (χ3n) is 5.09. The molecule has 0 aromatic heterocycles. The van der Waals surface area contributed by atoms with Crippen molar-refractivity contribution >= 4 is 23.7 Å². The molecule has 3 atom stereocenters. The van der Waals surface area contributed by atoms with E-state index in [2.05, 4.69) is 21.3 Å². The van der Waals surface area contributed by atoms with Crippen LogP contribution in [-0.2, 0) is 19.2 Å². The van der Waals surface area contributed by atoms with E-state index in [-0.39, 0.29) is 17.5 Å². The largest absolute Gasteiger partial charge is 0.480 e. The molecule has 1 fully saturated rings. The van der Waals surface area contributed by atoms with E-state index < -0.39 is 41.8 Å². The molecular formula is C20H35N5O5. The number of nitrogens with one attached hydrogen (secondary N) is 4. The van der Waals surface area contributed by atoms with Crippen LogP contribution in [0.25, 0.3) is 0 Å². The lowest BCUT2D eigenvalue weighted by Crippen LogP contribution is -2.58. The Kier molecular flexibility index (Phi) is 9.61. The van der Waals surface area contributed by atoms with Crippen molar-refractivity contribution in [3.63, 3.8) is 0 Å². The molecule has 0 aromatic carbocycles. The number of hydrogen-bond acceptors (Lipinski definition) is 6. The number of carboxylic acid groups (broad SMARTS) is 1. The molecule has 0 aliphatic carbocycles. The van der Waals surface area contributed by atoms with Gasteiger partial charge in [0.25, 0.3) is 5.91 Å². The van der Waals surface area contributed by atoms with Gasteiger partial charge < -0.3 is 31.3 Å². The molecule has 0 radical (unpaired) electrons. The average molecular weight is 426 g/mol. The summed E-state index contributed by atoms with van der Waals surface area (Å²) in [5, 5.41) is 20.3. The van der Waals surface area contributed by atoms with E-state index in [1.807, 2.05) is 0 Å². The zero-order chi connectivity index (χ0) is 23.0. The lowest BCUT2D eigenvalue weighted by molar-refractivity contribution is -0.150. The van der Waals surface area contributed by atoms with E-state index in [1.165, 1.54) is 11.1 Å². The number of nitrogens with zero attached hydrogens (tertiary/aromatic N) is 1. The minimum Gasteiger partial charge on any atom is -0.480 e. The Labute approximate surface area is 177 Å². The molecule has 1 heterocycles. The fourth-order valence-electron chi connectivity index (χ4n) is 3.37. The molecule has 10 heteroatoms. The van der Waals surface area contributed by atoms with Gasteiger partial charge in [0.1, 0.15) is 23.8 Å². The fourth-order valence-corrected chi connectivity index (χ4v) is 3.37. The smallest absolute Gasteiger partial charge is 0.326 e. The number of hydrogen-bond donors (Lipinski definition) is 5. The lowest BCUT2D eigenvalue weighted by atomic mass is 9.99. The molecule has 0 aromatic rings. The predicted molar refractivity (Wildman–Crippen MR) is 112 cm³/mol. The lowest BCUT2D eigenvalue weighted by Gasteiger charge is -2.31. The summed E-state index contributed by atoms with van der Waals surface area (Å²) >= 11 is 0. The number of carboxylic acids is 1. The maximum Gasteiger partial charge on any atom is 0.326 e. The first-order valence-electron chi connectivity index (χ1n) is 10.2. The predicted octanol–water partition coefficient (Wildman–Crippen LogP) is -0.376. The van der Waals surface area contributed by atoms with Gasteiger partial charge in [-0.1, -0.05) is 27.7 Å².